The summed E-state index contributed by atoms with van der Waals surface area (Å²) in [5.41, 5.74) is 0. The lowest BCUT2D eigenvalue weighted by Gasteiger charge is -2.15. The number of aliphatic imine (C=N–C) groups is 1. The van der Waals surface area contributed by atoms with E-state index in [2.05, 4.69) is 29.8 Å². The fourth-order valence-electron chi connectivity index (χ4n) is 0.733. The summed E-state index contributed by atoms with van der Waals surface area (Å²) in [6, 6.07) is 0. The van der Waals surface area contributed by atoms with E-state index in [1.54, 1.807) is 6.20 Å². The first-order chi connectivity index (χ1) is 4.79. The first-order valence-electron chi connectivity index (χ1n) is 3.37. The molecule has 0 unspecified atom stereocenters. The standard InChI is InChI=1S/C7H11N3/c1-7(2)5-10-4-3-8-6-9-10/h4,6-7H,5H2,1-2H3. The Balaban J connectivity index is 2.44. The summed E-state index contributed by atoms with van der Waals surface area (Å²) in [6.07, 6.45) is 3.25. The van der Waals surface area contributed by atoms with Crippen molar-refractivity contribution in [1.29, 1.82) is 0 Å². The summed E-state index contributed by atoms with van der Waals surface area (Å²) >= 11 is 0. The van der Waals surface area contributed by atoms with Crippen molar-refractivity contribution >= 4 is 12.2 Å². The second-order valence-corrected chi connectivity index (χ2v) is 2.63. The largest absolute Gasteiger partial charge is 0.262 e. The highest BCUT2D eigenvalue weighted by Crippen LogP contribution is 1.99. The summed E-state index contributed by atoms with van der Waals surface area (Å²) in [7, 11) is 0. The molecule has 0 bridgehead atoms. The lowest BCUT2D eigenvalue weighted by Crippen LogP contribution is -2.17. The van der Waals surface area contributed by atoms with Gasteiger partial charge >= 0.3 is 0 Å². The van der Waals surface area contributed by atoms with Crippen LogP contribution < -0.4 is 0 Å². The van der Waals surface area contributed by atoms with Crippen LogP contribution in [0.25, 0.3) is 0 Å². The molecule has 10 heavy (non-hydrogen) atoms. The third kappa shape index (κ3) is 2.03. The lowest BCUT2D eigenvalue weighted by molar-refractivity contribution is 0.349. The summed E-state index contributed by atoms with van der Waals surface area (Å²) in [5.74, 6) is 3.34. The Kier molecular flexibility index (Phi) is 2.24. The molecule has 0 radical (unpaired) electrons. The third-order valence-corrected chi connectivity index (χ3v) is 1.09. The minimum atomic E-state index is 0.619. The molecule has 1 rings (SSSR count). The Morgan fingerprint density at radius 1 is 1.60 bits per heavy atom. The van der Waals surface area contributed by atoms with Crippen LogP contribution in [-0.2, 0) is 0 Å². The smallest absolute Gasteiger partial charge is 0.145 e. The van der Waals surface area contributed by atoms with Gasteiger partial charge in [0.15, 0.2) is 0 Å². The molecular weight excluding hydrogens is 126 g/mol. The van der Waals surface area contributed by atoms with E-state index in [0.29, 0.717) is 5.92 Å². The molecular formula is C7H11N3. The molecule has 0 aromatic heterocycles. The molecule has 0 saturated heterocycles. The number of nitrogens with zero attached hydrogens (tertiary/aromatic N) is 3. The van der Waals surface area contributed by atoms with Crippen molar-refractivity contribution in [2.75, 3.05) is 6.54 Å². The quantitative estimate of drug-likeness (QED) is 0.559. The van der Waals surface area contributed by atoms with Gasteiger partial charge in [0.25, 0.3) is 0 Å². The van der Waals surface area contributed by atoms with Crippen molar-refractivity contribution in [3.63, 3.8) is 0 Å². The van der Waals surface area contributed by atoms with E-state index >= 15 is 0 Å². The maximum Gasteiger partial charge on any atom is 0.145 e. The molecule has 3 heteroatoms. The molecule has 3 nitrogen and oxygen atoms in total. The molecule has 0 spiro atoms. The molecule has 0 aliphatic carbocycles. The lowest BCUT2D eigenvalue weighted by atomic mass is 10.2. The fourth-order valence-corrected chi connectivity index (χ4v) is 0.733. The summed E-state index contributed by atoms with van der Waals surface area (Å²) in [4.78, 5) is 3.70. The zero-order chi connectivity index (χ0) is 7.40. The van der Waals surface area contributed by atoms with Gasteiger partial charge in [-0.1, -0.05) is 13.8 Å². The minimum absolute atomic E-state index is 0.619. The summed E-state index contributed by atoms with van der Waals surface area (Å²) in [6.45, 7) is 5.23. The summed E-state index contributed by atoms with van der Waals surface area (Å²) < 4.78 is 0. The van der Waals surface area contributed by atoms with E-state index in [4.69, 9.17) is 0 Å². The van der Waals surface area contributed by atoms with Crippen LogP contribution in [0.15, 0.2) is 16.3 Å². The molecule has 1 aliphatic heterocycles. The van der Waals surface area contributed by atoms with Crippen LogP contribution >= 0.6 is 0 Å². The topological polar surface area (TPSA) is 28.0 Å². The Morgan fingerprint density at radius 2 is 2.40 bits per heavy atom. The predicted octanol–water partition coefficient (Wildman–Crippen LogP) is 1.08. The maximum atomic E-state index is 3.99. The van der Waals surface area contributed by atoms with E-state index in [-0.39, 0.29) is 0 Å². The number of hydrogen-bond acceptors (Lipinski definition) is 3. The van der Waals surface area contributed by atoms with Crippen LogP contribution in [0.3, 0.4) is 0 Å². The molecule has 0 atom stereocenters. The number of rotatable bonds is 2. The monoisotopic (exact) mass is 137 g/mol. The Bertz CT molecular complexity index is 187. The van der Waals surface area contributed by atoms with Crippen molar-refractivity contribution in [2.24, 2.45) is 16.0 Å². The molecule has 1 aliphatic rings. The average molecular weight is 137 g/mol. The molecule has 0 N–H and O–H groups in total. The average Bonchev–Trinajstić information content (AvgIpc) is 1.88. The van der Waals surface area contributed by atoms with Crippen LogP contribution in [0, 0.1) is 5.92 Å². The van der Waals surface area contributed by atoms with Crippen LogP contribution in [0.4, 0.5) is 0 Å². The van der Waals surface area contributed by atoms with Crippen molar-refractivity contribution in [2.45, 2.75) is 13.8 Å². The third-order valence-electron chi connectivity index (χ3n) is 1.09. The van der Waals surface area contributed by atoms with E-state index in [1.165, 1.54) is 6.34 Å². The van der Waals surface area contributed by atoms with Crippen LogP contribution in [0.2, 0.25) is 0 Å². The van der Waals surface area contributed by atoms with Gasteiger partial charge in [0.2, 0.25) is 0 Å². The molecule has 54 valence electrons. The van der Waals surface area contributed by atoms with Gasteiger partial charge in [-0.15, -0.1) is 0 Å². The van der Waals surface area contributed by atoms with Gasteiger partial charge in [-0.3, -0.25) is 5.01 Å². The van der Waals surface area contributed by atoms with Crippen LogP contribution in [-0.4, -0.2) is 23.8 Å². The van der Waals surface area contributed by atoms with Crippen LogP contribution in [0.1, 0.15) is 13.8 Å². The van der Waals surface area contributed by atoms with Crippen LogP contribution in [0.5, 0.6) is 0 Å². The highest BCUT2D eigenvalue weighted by molar-refractivity contribution is 5.70. The number of hydrogen-bond donors (Lipinski definition) is 0. The Morgan fingerprint density at radius 3 is 2.90 bits per heavy atom. The first kappa shape index (κ1) is 7.03. The highest BCUT2D eigenvalue weighted by Gasteiger charge is 2.00. The molecule has 0 saturated carbocycles. The highest BCUT2D eigenvalue weighted by atomic mass is 15.5. The molecule has 1 heterocycles. The van der Waals surface area contributed by atoms with E-state index in [9.17, 15) is 0 Å². The second-order valence-electron chi connectivity index (χ2n) is 2.63. The number of hydrazone groups is 1. The van der Waals surface area contributed by atoms with Crippen molar-refractivity contribution < 1.29 is 0 Å². The van der Waals surface area contributed by atoms with Gasteiger partial charge < -0.3 is 0 Å². The Labute approximate surface area is 60.8 Å². The van der Waals surface area contributed by atoms with Gasteiger partial charge in [0.1, 0.15) is 6.34 Å². The van der Waals surface area contributed by atoms with E-state index in [0.717, 1.165) is 6.54 Å². The first-order valence-corrected chi connectivity index (χ1v) is 3.37. The van der Waals surface area contributed by atoms with Gasteiger partial charge in [-0.05, 0) is 5.92 Å². The van der Waals surface area contributed by atoms with Gasteiger partial charge in [0.05, 0.1) is 6.20 Å². The molecule has 0 aromatic carbocycles. The zero-order valence-electron chi connectivity index (χ0n) is 6.28. The zero-order valence-corrected chi connectivity index (χ0v) is 6.28. The summed E-state index contributed by atoms with van der Waals surface area (Å²) in [5, 5.41) is 5.82. The van der Waals surface area contributed by atoms with Crippen molar-refractivity contribution in [1.82, 2.24) is 5.01 Å². The Hall–Kier alpha value is -1.08. The van der Waals surface area contributed by atoms with Gasteiger partial charge in [-0.2, -0.15) is 10.1 Å². The predicted molar refractivity (Wildman–Crippen MR) is 42.0 cm³/mol. The van der Waals surface area contributed by atoms with Crippen molar-refractivity contribution in [3.8, 4) is 0 Å². The normalized spacial score (nSPS) is 15.3. The SMILES string of the molecule is CC(C)CN1C=C=NC=N1. The van der Waals surface area contributed by atoms with E-state index < -0.39 is 0 Å². The van der Waals surface area contributed by atoms with Gasteiger partial charge in [0, 0.05) is 12.4 Å². The maximum absolute atomic E-state index is 3.99. The molecule has 0 aromatic rings. The molecule has 0 fully saturated rings. The van der Waals surface area contributed by atoms with E-state index in [1.807, 2.05) is 5.01 Å². The minimum Gasteiger partial charge on any atom is -0.262 e. The molecule has 0 amide bonds. The van der Waals surface area contributed by atoms with Crippen molar-refractivity contribution in [3.05, 3.63) is 6.20 Å². The van der Waals surface area contributed by atoms with Gasteiger partial charge in [-0.25, -0.2) is 0 Å². The fraction of sp³-hybridized carbons (Fsp3) is 0.571. The second kappa shape index (κ2) is 3.18.